The van der Waals surface area contributed by atoms with Gasteiger partial charge in [-0.2, -0.15) is 5.10 Å². The van der Waals surface area contributed by atoms with Crippen molar-refractivity contribution < 1.29 is 0 Å². The maximum atomic E-state index is 4.61. The number of rotatable bonds is 1. The Morgan fingerprint density at radius 1 is 1.12 bits per heavy atom. The van der Waals surface area contributed by atoms with Crippen molar-refractivity contribution >= 4 is 22.1 Å². The quantitative estimate of drug-likeness (QED) is 0.723. The zero-order chi connectivity index (χ0) is 11.7. The molecule has 0 saturated heterocycles. The van der Waals surface area contributed by atoms with Gasteiger partial charge in [0.15, 0.2) is 0 Å². The van der Waals surface area contributed by atoms with Gasteiger partial charge in [0.25, 0.3) is 0 Å². The van der Waals surface area contributed by atoms with E-state index in [1.165, 1.54) is 36.8 Å². The van der Waals surface area contributed by atoms with Crippen LogP contribution in [-0.2, 0) is 6.54 Å². The average Bonchev–Trinajstić information content (AvgIpc) is 2.39. The van der Waals surface area contributed by atoms with E-state index in [1.54, 1.807) is 0 Å². The summed E-state index contributed by atoms with van der Waals surface area (Å²) in [4.78, 5) is 0.722. The van der Waals surface area contributed by atoms with Gasteiger partial charge in [-0.3, -0.25) is 5.01 Å². The summed E-state index contributed by atoms with van der Waals surface area (Å²) in [5, 5.41) is 6.89. The Morgan fingerprint density at radius 2 is 1.88 bits per heavy atom. The predicted molar refractivity (Wildman–Crippen MR) is 74.6 cm³/mol. The molecule has 3 heteroatoms. The highest BCUT2D eigenvalue weighted by Crippen LogP contribution is 2.29. The second-order valence-corrected chi connectivity index (χ2v) is 6.24. The molecular weight excluding hydrogens is 276 g/mol. The van der Waals surface area contributed by atoms with Gasteiger partial charge in [0.05, 0.1) is 12.8 Å². The molecule has 0 atom stereocenters. The fourth-order valence-electron chi connectivity index (χ4n) is 2.71. The van der Waals surface area contributed by atoms with E-state index in [2.05, 4.69) is 50.3 Å². The van der Waals surface area contributed by atoms with Crippen LogP contribution in [0.25, 0.3) is 0 Å². The fourth-order valence-corrected chi connectivity index (χ4v) is 3.24. The SMILES string of the molecule is BrC1CCC(N2Cc3ccccc3C=N2)CC1. The summed E-state index contributed by atoms with van der Waals surface area (Å²) >= 11 is 3.71. The number of nitrogens with zero attached hydrogens (tertiary/aromatic N) is 2. The lowest BCUT2D eigenvalue weighted by Gasteiger charge is -2.35. The molecule has 0 unspecified atom stereocenters. The highest BCUT2D eigenvalue weighted by molar-refractivity contribution is 9.09. The monoisotopic (exact) mass is 292 g/mol. The van der Waals surface area contributed by atoms with E-state index < -0.39 is 0 Å². The molecule has 0 bridgehead atoms. The molecule has 1 heterocycles. The smallest absolute Gasteiger partial charge is 0.0620 e. The molecule has 1 aliphatic heterocycles. The Bertz CT molecular complexity index is 422. The maximum absolute atomic E-state index is 4.61. The molecular formula is C14H17BrN2. The van der Waals surface area contributed by atoms with Crippen LogP contribution in [-0.4, -0.2) is 22.1 Å². The second kappa shape index (κ2) is 4.81. The van der Waals surface area contributed by atoms with E-state index in [9.17, 15) is 0 Å². The third-order valence-electron chi connectivity index (χ3n) is 3.78. The van der Waals surface area contributed by atoms with Gasteiger partial charge in [0.1, 0.15) is 0 Å². The summed E-state index contributed by atoms with van der Waals surface area (Å²) in [6.07, 6.45) is 7.08. The molecule has 0 spiro atoms. The highest BCUT2D eigenvalue weighted by atomic mass is 79.9. The Morgan fingerprint density at radius 3 is 2.71 bits per heavy atom. The zero-order valence-corrected chi connectivity index (χ0v) is 11.4. The molecule has 90 valence electrons. The van der Waals surface area contributed by atoms with Crippen molar-refractivity contribution in [2.24, 2.45) is 5.10 Å². The van der Waals surface area contributed by atoms with E-state index in [-0.39, 0.29) is 0 Å². The van der Waals surface area contributed by atoms with Crippen molar-refractivity contribution in [2.75, 3.05) is 0 Å². The maximum Gasteiger partial charge on any atom is 0.0620 e. The highest BCUT2D eigenvalue weighted by Gasteiger charge is 2.25. The summed E-state index contributed by atoms with van der Waals surface area (Å²) in [6.45, 7) is 0.976. The number of alkyl halides is 1. The largest absolute Gasteiger partial charge is 0.290 e. The molecule has 2 aliphatic rings. The lowest BCUT2D eigenvalue weighted by atomic mass is 9.94. The van der Waals surface area contributed by atoms with Crippen molar-refractivity contribution in [3.63, 3.8) is 0 Å². The molecule has 1 aromatic rings. The Kier molecular flexibility index (Phi) is 3.19. The van der Waals surface area contributed by atoms with Crippen LogP contribution in [0, 0.1) is 0 Å². The van der Waals surface area contributed by atoms with Crippen LogP contribution in [0.2, 0.25) is 0 Å². The number of hydrogen-bond acceptors (Lipinski definition) is 2. The van der Waals surface area contributed by atoms with Crippen LogP contribution in [0.5, 0.6) is 0 Å². The first kappa shape index (κ1) is 11.3. The number of hydrazone groups is 1. The number of benzene rings is 1. The van der Waals surface area contributed by atoms with E-state index >= 15 is 0 Å². The van der Waals surface area contributed by atoms with Crippen LogP contribution in [0.1, 0.15) is 36.8 Å². The summed E-state index contributed by atoms with van der Waals surface area (Å²) in [5.74, 6) is 0. The van der Waals surface area contributed by atoms with Crippen molar-refractivity contribution in [1.29, 1.82) is 0 Å². The van der Waals surface area contributed by atoms with E-state index in [1.807, 2.05) is 6.21 Å². The summed E-state index contributed by atoms with van der Waals surface area (Å²) in [7, 11) is 0. The van der Waals surface area contributed by atoms with E-state index in [0.717, 1.165) is 11.4 Å². The Labute approximate surface area is 111 Å². The van der Waals surface area contributed by atoms with Crippen molar-refractivity contribution in [2.45, 2.75) is 43.1 Å². The van der Waals surface area contributed by atoms with Crippen LogP contribution < -0.4 is 0 Å². The molecule has 1 saturated carbocycles. The van der Waals surface area contributed by atoms with Crippen LogP contribution in [0.15, 0.2) is 29.4 Å². The molecule has 0 radical (unpaired) electrons. The van der Waals surface area contributed by atoms with Gasteiger partial charge in [-0.05, 0) is 36.8 Å². The summed E-state index contributed by atoms with van der Waals surface area (Å²) in [5.41, 5.74) is 2.68. The number of hydrogen-bond donors (Lipinski definition) is 0. The van der Waals surface area contributed by atoms with E-state index in [4.69, 9.17) is 0 Å². The molecule has 0 amide bonds. The normalized spacial score (nSPS) is 27.9. The third-order valence-corrected chi connectivity index (χ3v) is 4.70. The fraction of sp³-hybridized carbons (Fsp3) is 0.500. The van der Waals surface area contributed by atoms with Gasteiger partial charge in [-0.1, -0.05) is 40.2 Å². The Hall–Kier alpha value is -0.830. The minimum absolute atomic E-state index is 0.633. The van der Waals surface area contributed by atoms with Crippen molar-refractivity contribution in [3.8, 4) is 0 Å². The zero-order valence-electron chi connectivity index (χ0n) is 9.85. The first-order valence-corrected chi connectivity index (χ1v) is 7.27. The van der Waals surface area contributed by atoms with Crippen LogP contribution in [0.4, 0.5) is 0 Å². The van der Waals surface area contributed by atoms with Gasteiger partial charge >= 0.3 is 0 Å². The summed E-state index contributed by atoms with van der Waals surface area (Å²) in [6, 6.07) is 9.19. The summed E-state index contributed by atoms with van der Waals surface area (Å²) < 4.78 is 0. The predicted octanol–water partition coefficient (Wildman–Crippen LogP) is 3.54. The first-order chi connectivity index (χ1) is 8.33. The molecule has 1 fully saturated rings. The molecule has 17 heavy (non-hydrogen) atoms. The number of fused-ring (bicyclic) bond motifs is 1. The first-order valence-electron chi connectivity index (χ1n) is 6.35. The molecule has 3 rings (SSSR count). The molecule has 0 aromatic heterocycles. The third kappa shape index (κ3) is 2.39. The van der Waals surface area contributed by atoms with Crippen LogP contribution >= 0.6 is 15.9 Å². The van der Waals surface area contributed by atoms with Gasteiger partial charge < -0.3 is 0 Å². The number of halogens is 1. The van der Waals surface area contributed by atoms with Crippen molar-refractivity contribution in [3.05, 3.63) is 35.4 Å². The second-order valence-electron chi connectivity index (χ2n) is 4.95. The topological polar surface area (TPSA) is 15.6 Å². The van der Waals surface area contributed by atoms with Gasteiger partial charge in [0, 0.05) is 10.9 Å². The van der Waals surface area contributed by atoms with E-state index in [0.29, 0.717) is 6.04 Å². The lowest BCUT2D eigenvalue weighted by Crippen LogP contribution is -2.36. The molecule has 1 aliphatic carbocycles. The molecule has 0 N–H and O–H groups in total. The standard InChI is InChI=1S/C14H17BrN2/c15-13-5-7-14(8-6-13)17-10-12-4-2-1-3-11(12)9-16-17/h1-4,9,13-14H,5-8,10H2. The average molecular weight is 293 g/mol. The van der Waals surface area contributed by atoms with Crippen LogP contribution in [0.3, 0.4) is 0 Å². The minimum atomic E-state index is 0.633. The molecule has 2 nitrogen and oxygen atoms in total. The van der Waals surface area contributed by atoms with Gasteiger partial charge in [-0.25, -0.2) is 0 Å². The van der Waals surface area contributed by atoms with Gasteiger partial charge in [0.2, 0.25) is 0 Å². The van der Waals surface area contributed by atoms with Gasteiger partial charge in [-0.15, -0.1) is 0 Å². The lowest BCUT2D eigenvalue weighted by molar-refractivity contribution is 0.155. The minimum Gasteiger partial charge on any atom is -0.290 e. The van der Waals surface area contributed by atoms with Crippen molar-refractivity contribution in [1.82, 2.24) is 5.01 Å². The molecule has 1 aromatic carbocycles. The Balaban J connectivity index is 1.72.